The van der Waals surface area contributed by atoms with Crippen molar-refractivity contribution in [3.63, 3.8) is 0 Å². The molecule has 2 aromatic rings. The lowest BCUT2D eigenvalue weighted by Gasteiger charge is -2.18. The second-order valence-electron chi connectivity index (χ2n) is 7.52. The first-order chi connectivity index (χ1) is 12.8. The van der Waals surface area contributed by atoms with E-state index in [1.54, 1.807) is 18.2 Å². The lowest BCUT2D eigenvalue weighted by molar-refractivity contribution is 0.476. The van der Waals surface area contributed by atoms with Gasteiger partial charge in [-0.3, -0.25) is 0 Å². The normalized spacial score (nSPS) is 10.8. The van der Waals surface area contributed by atoms with Crippen molar-refractivity contribution in [1.29, 1.82) is 0 Å². The van der Waals surface area contributed by atoms with Gasteiger partial charge in [0.15, 0.2) is 0 Å². The molecule has 0 radical (unpaired) electrons. The standard InChI is InChI=1S/C10H14Cl2N2.C10H10Cl2N2.CH4/c2*1-10(2,13)6-5-7-3-4-8(11)14-9(7)12;/h3-4H,5-6,13H2,1-2H3;3-4H,13H2,1-2H3;1H4. The molecule has 2 heterocycles. The van der Waals surface area contributed by atoms with Gasteiger partial charge in [-0.25, -0.2) is 9.97 Å². The molecule has 160 valence electrons. The number of halogens is 4. The van der Waals surface area contributed by atoms with Crippen LogP contribution in [0.15, 0.2) is 24.3 Å². The van der Waals surface area contributed by atoms with E-state index in [4.69, 9.17) is 57.9 Å². The molecule has 2 rings (SSSR count). The van der Waals surface area contributed by atoms with Crippen LogP contribution in [0.25, 0.3) is 0 Å². The number of nitrogens with two attached hydrogens (primary N) is 2. The molecule has 0 bridgehead atoms. The highest BCUT2D eigenvalue weighted by Gasteiger charge is 2.12. The lowest BCUT2D eigenvalue weighted by atomic mass is 9.97. The molecule has 0 unspecified atom stereocenters. The highest BCUT2D eigenvalue weighted by atomic mass is 35.5. The van der Waals surface area contributed by atoms with Crippen LogP contribution in [0.4, 0.5) is 0 Å². The fourth-order valence-electron chi connectivity index (χ4n) is 1.82. The third-order valence-corrected chi connectivity index (χ3v) is 4.30. The van der Waals surface area contributed by atoms with Crippen molar-refractivity contribution >= 4 is 46.4 Å². The maximum atomic E-state index is 5.92. The van der Waals surface area contributed by atoms with Crippen molar-refractivity contribution in [2.24, 2.45) is 11.5 Å². The summed E-state index contributed by atoms with van der Waals surface area (Å²) in [4.78, 5) is 7.83. The summed E-state index contributed by atoms with van der Waals surface area (Å²) in [6.45, 7) is 7.61. The van der Waals surface area contributed by atoms with E-state index < -0.39 is 5.54 Å². The molecule has 0 amide bonds. The fourth-order valence-corrected chi connectivity index (χ4v) is 2.65. The van der Waals surface area contributed by atoms with Gasteiger partial charge in [0.2, 0.25) is 0 Å². The molecule has 2 aromatic heterocycles. The molecular weight excluding hydrogens is 450 g/mol. The molecule has 0 aliphatic rings. The van der Waals surface area contributed by atoms with E-state index in [1.807, 2.05) is 33.8 Å². The summed E-state index contributed by atoms with van der Waals surface area (Å²) in [6, 6.07) is 6.99. The van der Waals surface area contributed by atoms with Crippen molar-refractivity contribution < 1.29 is 0 Å². The fraction of sp³-hybridized carbons (Fsp3) is 0.429. The van der Waals surface area contributed by atoms with E-state index in [9.17, 15) is 0 Å². The van der Waals surface area contributed by atoms with Gasteiger partial charge in [0, 0.05) is 5.54 Å². The number of hydrogen-bond acceptors (Lipinski definition) is 4. The van der Waals surface area contributed by atoms with Crippen molar-refractivity contribution in [3.8, 4) is 11.8 Å². The first-order valence-corrected chi connectivity index (χ1v) is 10.0. The minimum Gasteiger partial charge on any atom is -0.326 e. The maximum absolute atomic E-state index is 5.92. The minimum absolute atomic E-state index is 0. The average molecular weight is 478 g/mol. The monoisotopic (exact) mass is 476 g/mol. The smallest absolute Gasteiger partial charge is 0.146 e. The van der Waals surface area contributed by atoms with Gasteiger partial charge in [-0.15, -0.1) is 0 Å². The number of rotatable bonds is 3. The molecule has 4 N–H and O–H groups in total. The molecule has 4 nitrogen and oxygen atoms in total. The van der Waals surface area contributed by atoms with Gasteiger partial charge < -0.3 is 11.5 Å². The van der Waals surface area contributed by atoms with Crippen LogP contribution in [0.1, 0.15) is 52.7 Å². The van der Waals surface area contributed by atoms with Gasteiger partial charge in [-0.2, -0.15) is 0 Å². The van der Waals surface area contributed by atoms with Crippen molar-refractivity contribution in [2.75, 3.05) is 0 Å². The molecule has 29 heavy (non-hydrogen) atoms. The molecule has 0 saturated heterocycles. The van der Waals surface area contributed by atoms with E-state index in [2.05, 4.69) is 21.8 Å². The summed E-state index contributed by atoms with van der Waals surface area (Å²) in [5.74, 6) is 5.71. The Balaban J connectivity index is 0.000000523. The van der Waals surface area contributed by atoms with Gasteiger partial charge in [-0.05, 0) is 64.3 Å². The zero-order valence-electron chi connectivity index (χ0n) is 16.3. The van der Waals surface area contributed by atoms with E-state index >= 15 is 0 Å². The van der Waals surface area contributed by atoms with Gasteiger partial charge in [-0.1, -0.05) is 71.7 Å². The van der Waals surface area contributed by atoms with Crippen LogP contribution in [-0.2, 0) is 6.42 Å². The number of nitrogens with zero attached hydrogens (tertiary/aromatic N) is 2. The van der Waals surface area contributed by atoms with Crippen LogP contribution >= 0.6 is 46.4 Å². The molecule has 0 aliphatic heterocycles. The van der Waals surface area contributed by atoms with Crippen LogP contribution < -0.4 is 11.5 Å². The SMILES string of the molecule is C.CC(C)(N)C#Cc1ccc(Cl)nc1Cl.CC(C)(N)CCc1ccc(Cl)nc1Cl. The zero-order valence-corrected chi connectivity index (χ0v) is 19.3. The predicted octanol–water partition coefficient (Wildman–Crippen LogP) is 6.17. The number of pyridine rings is 2. The topological polar surface area (TPSA) is 77.8 Å². The van der Waals surface area contributed by atoms with E-state index in [1.165, 1.54) is 0 Å². The summed E-state index contributed by atoms with van der Waals surface area (Å²) >= 11 is 23.1. The van der Waals surface area contributed by atoms with Gasteiger partial charge >= 0.3 is 0 Å². The van der Waals surface area contributed by atoms with E-state index in [0.29, 0.717) is 26.2 Å². The Morgan fingerprint density at radius 2 is 1.38 bits per heavy atom. The third-order valence-electron chi connectivity index (χ3n) is 3.26. The molecule has 0 atom stereocenters. The summed E-state index contributed by atoms with van der Waals surface area (Å²) in [5, 5.41) is 1.55. The molecule has 0 aliphatic carbocycles. The van der Waals surface area contributed by atoms with E-state index in [-0.39, 0.29) is 13.0 Å². The molecular formula is C21H28Cl4N4. The Labute approximate surface area is 194 Å². The Hall–Kier alpha value is -1.06. The Bertz CT molecular complexity index is 860. The lowest BCUT2D eigenvalue weighted by Crippen LogP contribution is -2.32. The quantitative estimate of drug-likeness (QED) is 0.409. The second kappa shape index (κ2) is 12.0. The van der Waals surface area contributed by atoms with Crippen molar-refractivity contribution in [1.82, 2.24) is 9.97 Å². The van der Waals surface area contributed by atoms with Crippen LogP contribution in [0.2, 0.25) is 20.6 Å². The molecule has 0 aromatic carbocycles. The Morgan fingerprint density at radius 3 is 1.83 bits per heavy atom. The van der Waals surface area contributed by atoms with Crippen molar-refractivity contribution in [3.05, 3.63) is 56.0 Å². The largest absolute Gasteiger partial charge is 0.326 e. The summed E-state index contributed by atoms with van der Waals surface area (Å²) < 4.78 is 0. The summed E-state index contributed by atoms with van der Waals surface area (Å²) in [7, 11) is 0. The summed E-state index contributed by atoms with van der Waals surface area (Å²) in [5.41, 5.74) is 12.5. The number of aryl methyl sites for hydroxylation is 1. The average Bonchev–Trinajstić information content (AvgIpc) is 2.52. The van der Waals surface area contributed by atoms with Crippen LogP contribution in [-0.4, -0.2) is 21.0 Å². The van der Waals surface area contributed by atoms with Crippen LogP contribution in [0, 0.1) is 11.8 Å². The van der Waals surface area contributed by atoms with Crippen LogP contribution in [0.5, 0.6) is 0 Å². The number of aromatic nitrogens is 2. The molecule has 0 saturated carbocycles. The second-order valence-corrected chi connectivity index (χ2v) is 9.01. The van der Waals surface area contributed by atoms with Gasteiger partial charge in [0.05, 0.1) is 11.1 Å². The zero-order chi connectivity index (χ0) is 21.5. The predicted molar refractivity (Wildman–Crippen MR) is 127 cm³/mol. The van der Waals surface area contributed by atoms with E-state index in [0.717, 1.165) is 18.4 Å². The van der Waals surface area contributed by atoms with Crippen molar-refractivity contribution in [2.45, 2.75) is 59.0 Å². The number of hydrogen-bond donors (Lipinski definition) is 2. The van der Waals surface area contributed by atoms with Gasteiger partial charge in [0.1, 0.15) is 20.6 Å². The minimum atomic E-state index is -0.539. The van der Waals surface area contributed by atoms with Gasteiger partial charge in [0.25, 0.3) is 0 Å². The third kappa shape index (κ3) is 12.3. The summed E-state index contributed by atoms with van der Waals surface area (Å²) in [6.07, 6.45) is 1.70. The molecule has 0 spiro atoms. The first kappa shape index (κ1) is 27.9. The Kier molecular flexibility index (Phi) is 11.5. The highest BCUT2D eigenvalue weighted by molar-refractivity contribution is 6.33. The first-order valence-electron chi connectivity index (χ1n) is 8.51. The molecule has 8 heteroatoms. The Morgan fingerprint density at radius 1 is 0.862 bits per heavy atom. The maximum Gasteiger partial charge on any atom is 0.146 e. The van der Waals surface area contributed by atoms with Crippen LogP contribution in [0.3, 0.4) is 0 Å². The highest BCUT2D eigenvalue weighted by Crippen LogP contribution is 2.20. The molecule has 0 fully saturated rings.